The fraction of sp³-hybridized carbons (Fsp3) is 0.636. The molecule has 0 amide bonds. The van der Waals surface area contributed by atoms with Crippen molar-refractivity contribution in [2.24, 2.45) is 5.41 Å². The lowest BCUT2D eigenvalue weighted by Crippen LogP contribution is -2.08. The lowest BCUT2D eigenvalue weighted by Gasteiger charge is -2.19. The number of aliphatic hydroxyl groups excluding tert-OH is 1. The number of hydrogen-bond acceptors (Lipinski definition) is 2. The van der Waals surface area contributed by atoms with Crippen molar-refractivity contribution in [3.63, 3.8) is 0 Å². The molecule has 80 valence electrons. The highest BCUT2D eigenvalue weighted by Crippen LogP contribution is 2.31. The maximum Gasteiger partial charge on any atom is 0.174 e. The summed E-state index contributed by atoms with van der Waals surface area (Å²) < 4.78 is 5.71. The highest BCUT2D eigenvalue weighted by molar-refractivity contribution is 9.10. The van der Waals surface area contributed by atoms with Crippen LogP contribution < -0.4 is 0 Å². The van der Waals surface area contributed by atoms with Crippen molar-refractivity contribution in [3.05, 3.63) is 22.6 Å². The van der Waals surface area contributed by atoms with E-state index < -0.39 is 6.10 Å². The highest BCUT2D eigenvalue weighted by atomic mass is 79.9. The summed E-state index contributed by atoms with van der Waals surface area (Å²) in [6.45, 7) is 6.51. The molecular formula is C11H17BrO2. The first kappa shape index (κ1) is 11.8. The van der Waals surface area contributed by atoms with E-state index in [2.05, 4.69) is 36.7 Å². The molecule has 0 aromatic carbocycles. The molecule has 0 saturated carbocycles. The van der Waals surface area contributed by atoms with Gasteiger partial charge in [-0.2, -0.15) is 0 Å². The summed E-state index contributed by atoms with van der Waals surface area (Å²) in [7, 11) is 0. The summed E-state index contributed by atoms with van der Waals surface area (Å²) in [4.78, 5) is 0. The van der Waals surface area contributed by atoms with E-state index in [0.717, 1.165) is 18.4 Å². The molecule has 3 heteroatoms. The van der Waals surface area contributed by atoms with Crippen LogP contribution in [0.5, 0.6) is 0 Å². The minimum absolute atomic E-state index is 0.261. The average molecular weight is 261 g/mol. The summed E-state index contributed by atoms with van der Waals surface area (Å²) >= 11 is 3.26. The van der Waals surface area contributed by atoms with Gasteiger partial charge >= 0.3 is 0 Å². The number of aliphatic hydroxyl groups is 1. The number of furan rings is 1. The van der Waals surface area contributed by atoms with Crippen molar-refractivity contribution < 1.29 is 9.52 Å². The molecule has 1 N–H and O–H groups in total. The van der Waals surface area contributed by atoms with Crippen LogP contribution >= 0.6 is 15.9 Å². The summed E-state index contributed by atoms with van der Waals surface area (Å²) in [6, 6.07) is 1.80. The second kappa shape index (κ2) is 4.49. The first-order valence-electron chi connectivity index (χ1n) is 4.81. The van der Waals surface area contributed by atoms with E-state index in [9.17, 15) is 5.11 Å². The molecule has 1 atom stereocenters. The molecule has 1 heterocycles. The third-order valence-electron chi connectivity index (χ3n) is 2.17. The van der Waals surface area contributed by atoms with Gasteiger partial charge in [-0.15, -0.1) is 0 Å². The zero-order valence-corrected chi connectivity index (χ0v) is 10.5. The van der Waals surface area contributed by atoms with Crippen LogP contribution in [0.25, 0.3) is 0 Å². The van der Waals surface area contributed by atoms with E-state index in [1.54, 1.807) is 12.3 Å². The Labute approximate surface area is 93.4 Å². The molecule has 1 unspecified atom stereocenters. The third-order valence-corrected chi connectivity index (χ3v) is 2.82. The standard InChI is InChI=1S/C11H17BrO2/c1-11(2,3)6-4-9(13)8-5-7-14-10(8)12/h5,7,9,13H,4,6H2,1-3H3. The van der Waals surface area contributed by atoms with Crippen molar-refractivity contribution in [2.45, 2.75) is 39.7 Å². The fourth-order valence-corrected chi connectivity index (χ4v) is 1.77. The van der Waals surface area contributed by atoms with Gasteiger partial charge in [0.1, 0.15) is 0 Å². The normalized spacial score (nSPS) is 14.4. The Balaban J connectivity index is 2.51. The Bertz CT molecular complexity index is 286. The number of halogens is 1. The fourth-order valence-electron chi connectivity index (χ4n) is 1.27. The Morgan fingerprint density at radius 1 is 1.50 bits per heavy atom. The van der Waals surface area contributed by atoms with Gasteiger partial charge in [0.05, 0.1) is 12.4 Å². The van der Waals surface area contributed by atoms with E-state index in [1.165, 1.54) is 0 Å². The van der Waals surface area contributed by atoms with E-state index in [-0.39, 0.29) is 5.41 Å². The summed E-state index contributed by atoms with van der Waals surface area (Å²) in [5.41, 5.74) is 1.10. The van der Waals surface area contributed by atoms with Gasteiger partial charge in [0.25, 0.3) is 0 Å². The first-order chi connectivity index (χ1) is 6.40. The Morgan fingerprint density at radius 2 is 2.14 bits per heavy atom. The Hall–Kier alpha value is -0.280. The number of rotatable bonds is 3. The monoisotopic (exact) mass is 260 g/mol. The summed E-state index contributed by atoms with van der Waals surface area (Å²) in [6.07, 6.45) is 2.91. The molecule has 0 aliphatic carbocycles. The van der Waals surface area contributed by atoms with Crippen LogP contribution in [0.1, 0.15) is 45.3 Å². The van der Waals surface area contributed by atoms with E-state index in [1.807, 2.05) is 0 Å². The maximum absolute atomic E-state index is 9.86. The Kier molecular flexibility index (Phi) is 3.78. The molecule has 0 aliphatic heterocycles. The average Bonchev–Trinajstić information content (AvgIpc) is 2.46. The van der Waals surface area contributed by atoms with Gasteiger partial charge in [-0.1, -0.05) is 20.8 Å². The van der Waals surface area contributed by atoms with E-state index in [4.69, 9.17) is 4.42 Å². The van der Waals surface area contributed by atoms with Gasteiger partial charge in [-0.3, -0.25) is 0 Å². The van der Waals surface area contributed by atoms with Gasteiger partial charge in [0, 0.05) is 5.56 Å². The van der Waals surface area contributed by atoms with Crippen LogP contribution in [-0.4, -0.2) is 5.11 Å². The van der Waals surface area contributed by atoms with Crippen LogP contribution in [0.2, 0.25) is 0 Å². The maximum atomic E-state index is 9.86. The lowest BCUT2D eigenvalue weighted by molar-refractivity contribution is 0.146. The zero-order valence-electron chi connectivity index (χ0n) is 8.88. The molecule has 1 aromatic heterocycles. The molecule has 0 saturated heterocycles. The topological polar surface area (TPSA) is 33.4 Å². The molecule has 0 fully saturated rings. The van der Waals surface area contributed by atoms with E-state index >= 15 is 0 Å². The molecule has 0 bridgehead atoms. The molecule has 2 nitrogen and oxygen atoms in total. The van der Waals surface area contributed by atoms with Crippen LogP contribution in [0.4, 0.5) is 0 Å². The van der Waals surface area contributed by atoms with Crippen molar-refractivity contribution in [3.8, 4) is 0 Å². The van der Waals surface area contributed by atoms with Crippen LogP contribution in [0.3, 0.4) is 0 Å². The van der Waals surface area contributed by atoms with Crippen LogP contribution in [-0.2, 0) is 0 Å². The van der Waals surface area contributed by atoms with Gasteiger partial charge in [0.2, 0.25) is 0 Å². The molecule has 14 heavy (non-hydrogen) atoms. The first-order valence-corrected chi connectivity index (χ1v) is 5.60. The summed E-state index contributed by atoms with van der Waals surface area (Å²) in [5.74, 6) is 0. The molecule has 0 spiro atoms. The molecule has 1 aromatic rings. The van der Waals surface area contributed by atoms with Gasteiger partial charge in [-0.25, -0.2) is 0 Å². The van der Waals surface area contributed by atoms with Gasteiger partial charge < -0.3 is 9.52 Å². The largest absolute Gasteiger partial charge is 0.457 e. The van der Waals surface area contributed by atoms with E-state index in [0.29, 0.717) is 4.67 Å². The molecule has 0 radical (unpaired) electrons. The highest BCUT2D eigenvalue weighted by Gasteiger charge is 2.17. The van der Waals surface area contributed by atoms with Crippen molar-refractivity contribution in [1.82, 2.24) is 0 Å². The van der Waals surface area contributed by atoms with Crippen molar-refractivity contribution >= 4 is 15.9 Å². The zero-order chi connectivity index (χ0) is 10.8. The Morgan fingerprint density at radius 3 is 2.57 bits per heavy atom. The second-order valence-corrected chi connectivity index (χ2v) is 5.49. The van der Waals surface area contributed by atoms with Crippen molar-refractivity contribution in [1.29, 1.82) is 0 Å². The molecule has 0 aliphatic rings. The predicted molar refractivity (Wildman–Crippen MR) is 60.1 cm³/mol. The SMILES string of the molecule is CC(C)(C)CCC(O)c1ccoc1Br. The minimum Gasteiger partial charge on any atom is -0.457 e. The molecular weight excluding hydrogens is 244 g/mol. The smallest absolute Gasteiger partial charge is 0.174 e. The third kappa shape index (κ3) is 3.46. The molecule has 1 rings (SSSR count). The van der Waals surface area contributed by atoms with Gasteiger partial charge in [-0.05, 0) is 40.3 Å². The number of hydrogen-bond donors (Lipinski definition) is 1. The summed E-state index contributed by atoms with van der Waals surface area (Å²) in [5, 5.41) is 9.86. The van der Waals surface area contributed by atoms with Crippen LogP contribution in [0.15, 0.2) is 21.4 Å². The van der Waals surface area contributed by atoms with Gasteiger partial charge in [0.15, 0.2) is 4.67 Å². The quantitative estimate of drug-likeness (QED) is 0.895. The second-order valence-electron chi connectivity index (χ2n) is 4.76. The van der Waals surface area contributed by atoms with Crippen LogP contribution in [0, 0.1) is 5.41 Å². The van der Waals surface area contributed by atoms with Crippen molar-refractivity contribution in [2.75, 3.05) is 0 Å². The lowest BCUT2D eigenvalue weighted by atomic mass is 9.88. The minimum atomic E-state index is -0.428. The predicted octanol–water partition coefficient (Wildman–Crippen LogP) is 3.90.